The molecule has 0 aliphatic rings. The molecule has 2 rings (SSSR count). The molecule has 1 unspecified atom stereocenters. The zero-order valence-electron chi connectivity index (χ0n) is 11.5. The maximum absolute atomic E-state index is 4.48. The van der Waals surface area contributed by atoms with Crippen LogP contribution in [0.25, 0.3) is 0 Å². The lowest BCUT2D eigenvalue weighted by atomic mass is 10.0. The van der Waals surface area contributed by atoms with Crippen LogP contribution in [0.3, 0.4) is 0 Å². The summed E-state index contributed by atoms with van der Waals surface area (Å²) in [6.45, 7) is 4.25. The summed E-state index contributed by atoms with van der Waals surface area (Å²) in [5.41, 5.74) is 3.85. The molecular weight excluding hydrogens is 242 g/mol. The average molecular weight is 263 g/mol. The Kier molecular flexibility index (Phi) is 4.19. The predicted octanol–water partition coefficient (Wildman–Crippen LogP) is 2.99. The fourth-order valence-electron chi connectivity index (χ4n) is 2.39. The van der Waals surface area contributed by atoms with Crippen LogP contribution in [0.5, 0.6) is 0 Å². The van der Waals surface area contributed by atoms with Crippen molar-refractivity contribution >= 4 is 11.3 Å². The second-order valence-corrected chi connectivity index (χ2v) is 5.65. The summed E-state index contributed by atoms with van der Waals surface area (Å²) < 4.78 is 1.98. The molecular formula is C14H21N3S. The minimum absolute atomic E-state index is 0.448. The van der Waals surface area contributed by atoms with E-state index in [1.807, 2.05) is 30.1 Å². The van der Waals surface area contributed by atoms with Crippen LogP contribution >= 0.6 is 11.3 Å². The highest BCUT2D eigenvalue weighted by atomic mass is 32.1. The van der Waals surface area contributed by atoms with Gasteiger partial charge in [0.2, 0.25) is 0 Å². The van der Waals surface area contributed by atoms with Crippen LogP contribution in [0.4, 0.5) is 0 Å². The molecule has 0 bridgehead atoms. The van der Waals surface area contributed by atoms with Gasteiger partial charge in [0.05, 0.1) is 5.69 Å². The Morgan fingerprint density at radius 1 is 1.44 bits per heavy atom. The molecule has 18 heavy (non-hydrogen) atoms. The molecule has 2 aromatic rings. The van der Waals surface area contributed by atoms with Crippen LogP contribution in [0.15, 0.2) is 17.5 Å². The number of rotatable bonds is 5. The molecule has 1 N–H and O–H groups in total. The molecule has 3 nitrogen and oxygen atoms in total. The van der Waals surface area contributed by atoms with Gasteiger partial charge in [0.1, 0.15) is 0 Å². The monoisotopic (exact) mass is 263 g/mol. The van der Waals surface area contributed by atoms with Crippen molar-refractivity contribution in [1.29, 1.82) is 0 Å². The van der Waals surface area contributed by atoms with Crippen molar-refractivity contribution in [3.8, 4) is 0 Å². The van der Waals surface area contributed by atoms with E-state index in [0.717, 1.165) is 18.5 Å². The van der Waals surface area contributed by atoms with Gasteiger partial charge in [-0.05, 0) is 50.7 Å². The van der Waals surface area contributed by atoms with Gasteiger partial charge in [-0.2, -0.15) is 5.10 Å². The van der Waals surface area contributed by atoms with Gasteiger partial charge >= 0.3 is 0 Å². The van der Waals surface area contributed by atoms with Gasteiger partial charge in [-0.1, -0.05) is 6.07 Å². The van der Waals surface area contributed by atoms with Gasteiger partial charge in [-0.25, -0.2) is 0 Å². The third-order valence-corrected chi connectivity index (χ3v) is 4.56. The van der Waals surface area contributed by atoms with Gasteiger partial charge in [0.15, 0.2) is 0 Å². The van der Waals surface area contributed by atoms with Gasteiger partial charge in [0.25, 0.3) is 0 Å². The van der Waals surface area contributed by atoms with Crippen molar-refractivity contribution in [2.75, 3.05) is 7.05 Å². The number of aromatic nitrogens is 2. The number of hydrogen-bond donors (Lipinski definition) is 1. The Morgan fingerprint density at radius 3 is 2.72 bits per heavy atom. The smallest absolute Gasteiger partial charge is 0.0628 e. The molecule has 2 aromatic heterocycles. The number of aryl methyl sites for hydroxylation is 2. The summed E-state index contributed by atoms with van der Waals surface area (Å²) in [7, 11) is 4.05. The Labute approximate surface area is 113 Å². The summed E-state index contributed by atoms with van der Waals surface area (Å²) in [5.74, 6) is 0. The van der Waals surface area contributed by atoms with Crippen molar-refractivity contribution in [3.05, 3.63) is 39.3 Å². The fourth-order valence-corrected chi connectivity index (χ4v) is 3.26. The quantitative estimate of drug-likeness (QED) is 0.898. The lowest BCUT2D eigenvalue weighted by molar-refractivity contribution is 0.556. The van der Waals surface area contributed by atoms with Crippen LogP contribution in [0, 0.1) is 13.8 Å². The summed E-state index contributed by atoms with van der Waals surface area (Å²) >= 11 is 1.82. The van der Waals surface area contributed by atoms with Crippen molar-refractivity contribution in [3.63, 3.8) is 0 Å². The van der Waals surface area contributed by atoms with E-state index in [0.29, 0.717) is 6.04 Å². The third-order valence-electron chi connectivity index (χ3n) is 3.58. The lowest BCUT2D eigenvalue weighted by Gasteiger charge is -2.14. The Morgan fingerprint density at radius 2 is 2.22 bits per heavy atom. The summed E-state index contributed by atoms with van der Waals surface area (Å²) in [6, 6.07) is 4.77. The second-order valence-electron chi connectivity index (χ2n) is 4.67. The van der Waals surface area contributed by atoms with Gasteiger partial charge in [-0.3, -0.25) is 4.68 Å². The zero-order valence-corrected chi connectivity index (χ0v) is 12.3. The van der Waals surface area contributed by atoms with E-state index in [-0.39, 0.29) is 0 Å². The molecule has 98 valence electrons. The minimum atomic E-state index is 0.448. The summed E-state index contributed by atoms with van der Waals surface area (Å²) in [5, 5.41) is 10.0. The molecule has 0 aliphatic carbocycles. The predicted molar refractivity (Wildman–Crippen MR) is 77.1 cm³/mol. The largest absolute Gasteiger partial charge is 0.312 e. The minimum Gasteiger partial charge on any atom is -0.312 e. The number of nitrogens with one attached hydrogen (secondary N) is 1. The standard InChI is InChI=1S/C14H21N3S/c1-10-12(11(2)17(4)16-10)7-8-13(15-3)14-6-5-9-18-14/h5-6,9,13,15H,7-8H2,1-4H3. The van der Waals surface area contributed by atoms with Crippen LogP contribution < -0.4 is 5.32 Å². The third kappa shape index (κ3) is 2.65. The topological polar surface area (TPSA) is 29.9 Å². The average Bonchev–Trinajstić information content (AvgIpc) is 2.94. The van der Waals surface area contributed by atoms with E-state index >= 15 is 0 Å². The van der Waals surface area contributed by atoms with Gasteiger partial charge < -0.3 is 5.32 Å². The Bertz CT molecular complexity index is 499. The molecule has 0 radical (unpaired) electrons. The lowest BCUT2D eigenvalue weighted by Crippen LogP contribution is -2.16. The summed E-state index contributed by atoms with van der Waals surface area (Å²) in [6.07, 6.45) is 2.19. The first-order valence-electron chi connectivity index (χ1n) is 6.33. The Hall–Kier alpha value is -1.13. The van der Waals surface area contributed by atoms with Crippen molar-refractivity contribution in [1.82, 2.24) is 15.1 Å². The van der Waals surface area contributed by atoms with E-state index < -0.39 is 0 Å². The molecule has 0 aliphatic heterocycles. The van der Waals surface area contributed by atoms with Crippen LogP contribution in [0.2, 0.25) is 0 Å². The normalized spacial score (nSPS) is 12.9. The van der Waals surface area contributed by atoms with E-state index in [1.54, 1.807) is 0 Å². The van der Waals surface area contributed by atoms with Gasteiger partial charge in [-0.15, -0.1) is 11.3 Å². The molecule has 0 saturated carbocycles. The molecule has 0 spiro atoms. The first kappa shape index (κ1) is 13.3. The summed E-state index contributed by atoms with van der Waals surface area (Å²) in [4.78, 5) is 1.41. The van der Waals surface area contributed by atoms with E-state index in [9.17, 15) is 0 Å². The second kappa shape index (κ2) is 5.67. The van der Waals surface area contributed by atoms with Crippen molar-refractivity contribution in [2.24, 2.45) is 7.05 Å². The van der Waals surface area contributed by atoms with Crippen LogP contribution in [-0.2, 0) is 13.5 Å². The molecule has 0 saturated heterocycles. The molecule has 2 heterocycles. The molecule has 0 fully saturated rings. The molecule has 0 amide bonds. The first-order valence-corrected chi connectivity index (χ1v) is 7.21. The van der Waals surface area contributed by atoms with Crippen LogP contribution in [0.1, 0.15) is 34.3 Å². The number of hydrogen-bond acceptors (Lipinski definition) is 3. The zero-order chi connectivity index (χ0) is 13.1. The molecule has 1 atom stereocenters. The van der Waals surface area contributed by atoms with Crippen molar-refractivity contribution in [2.45, 2.75) is 32.7 Å². The van der Waals surface area contributed by atoms with Gasteiger partial charge in [0, 0.05) is 23.7 Å². The van der Waals surface area contributed by atoms with E-state index in [1.165, 1.54) is 16.1 Å². The highest BCUT2D eigenvalue weighted by Gasteiger charge is 2.14. The highest BCUT2D eigenvalue weighted by Crippen LogP contribution is 2.24. The Balaban J connectivity index is 2.06. The fraction of sp³-hybridized carbons (Fsp3) is 0.500. The van der Waals surface area contributed by atoms with Crippen molar-refractivity contribution < 1.29 is 0 Å². The maximum Gasteiger partial charge on any atom is 0.0628 e. The molecule has 0 aromatic carbocycles. The number of nitrogens with zero attached hydrogens (tertiary/aromatic N) is 2. The SMILES string of the molecule is CNC(CCc1c(C)nn(C)c1C)c1cccs1. The first-order chi connectivity index (χ1) is 8.63. The maximum atomic E-state index is 4.48. The molecule has 4 heteroatoms. The highest BCUT2D eigenvalue weighted by molar-refractivity contribution is 7.10. The van der Waals surface area contributed by atoms with Crippen LogP contribution in [-0.4, -0.2) is 16.8 Å². The number of thiophene rings is 1. The van der Waals surface area contributed by atoms with E-state index in [2.05, 4.69) is 41.8 Å². The van der Waals surface area contributed by atoms with E-state index in [4.69, 9.17) is 0 Å².